The molecule has 0 bridgehead atoms. The van der Waals surface area contributed by atoms with E-state index in [1.807, 2.05) is 12.1 Å². The van der Waals surface area contributed by atoms with Crippen LogP contribution in [0.25, 0.3) is 22.0 Å². The molecule has 0 aliphatic rings. The van der Waals surface area contributed by atoms with Crippen molar-refractivity contribution in [2.45, 2.75) is 0 Å². The van der Waals surface area contributed by atoms with E-state index in [1.165, 1.54) is 36.4 Å². The lowest BCUT2D eigenvalue weighted by atomic mass is 10.0. The Labute approximate surface area is 219 Å². The highest BCUT2D eigenvalue weighted by molar-refractivity contribution is 7.19. The Hall–Kier alpha value is -4.48. The number of halogens is 3. The summed E-state index contributed by atoms with van der Waals surface area (Å²) in [7, 11) is -3.05. The van der Waals surface area contributed by atoms with Crippen LogP contribution in [0.5, 0.6) is 0 Å². The van der Waals surface area contributed by atoms with Crippen molar-refractivity contribution >= 4 is 39.7 Å². The van der Waals surface area contributed by atoms with Crippen LogP contribution in [0.3, 0.4) is 0 Å². The first-order valence-electron chi connectivity index (χ1n) is 12.3. The third-order valence-electron chi connectivity index (χ3n) is 7.09. The van der Waals surface area contributed by atoms with Crippen LogP contribution in [0, 0.1) is 17.5 Å². The molecule has 1 heterocycles. The molecule has 6 rings (SSSR count). The minimum absolute atomic E-state index is 0.338. The van der Waals surface area contributed by atoms with E-state index in [-0.39, 0.29) is 17.5 Å². The Morgan fingerprint density at radius 3 is 1.34 bits per heavy atom. The quantitative estimate of drug-likeness (QED) is 0.211. The van der Waals surface area contributed by atoms with Gasteiger partial charge in [-0.25, -0.2) is 13.2 Å². The Morgan fingerprint density at radius 1 is 0.447 bits per heavy atom. The molecule has 0 radical (unpaired) electrons. The van der Waals surface area contributed by atoms with Crippen LogP contribution in [0.4, 0.5) is 13.2 Å². The molecule has 0 N–H and O–H groups in total. The van der Waals surface area contributed by atoms with Gasteiger partial charge in [-0.1, -0.05) is 78.9 Å². The standard InChI is InChI=1S/C33H22F3NSi/c34-26-7-15-30(16-8-26)38(31-17-9-27(35)10-18-31,32-19-11-28(36)12-20-32)29-13-5-23(6-14-29)25-4-3-24-2-1-21-37-33(24)22-25/h1-22H. The molecule has 0 aliphatic heterocycles. The van der Waals surface area contributed by atoms with Crippen LogP contribution in [0.1, 0.15) is 0 Å². The molecule has 1 nitrogen and oxygen atoms in total. The summed E-state index contributed by atoms with van der Waals surface area (Å²) in [6.07, 6.45) is 1.78. The maximum absolute atomic E-state index is 14.1. The highest BCUT2D eigenvalue weighted by atomic mass is 28.3. The summed E-state index contributed by atoms with van der Waals surface area (Å²) in [6, 6.07) is 37.8. The molecular weight excluding hydrogens is 495 g/mol. The van der Waals surface area contributed by atoms with Crippen molar-refractivity contribution in [2.24, 2.45) is 0 Å². The van der Waals surface area contributed by atoms with Gasteiger partial charge in [-0.2, -0.15) is 0 Å². The zero-order chi connectivity index (χ0) is 26.1. The zero-order valence-corrected chi connectivity index (χ0v) is 21.3. The molecular formula is C33H22F3NSi. The largest absolute Gasteiger partial charge is 0.256 e. The van der Waals surface area contributed by atoms with Crippen LogP contribution < -0.4 is 20.7 Å². The third kappa shape index (κ3) is 4.21. The van der Waals surface area contributed by atoms with E-state index in [2.05, 4.69) is 47.4 Å². The summed E-state index contributed by atoms with van der Waals surface area (Å²) in [5.41, 5.74) is 2.99. The molecule has 184 valence electrons. The van der Waals surface area contributed by atoms with Gasteiger partial charge in [0.1, 0.15) is 17.5 Å². The molecule has 5 aromatic carbocycles. The van der Waals surface area contributed by atoms with Crippen molar-refractivity contribution in [3.63, 3.8) is 0 Å². The minimum atomic E-state index is -3.05. The van der Waals surface area contributed by atoms with Crippen LogP contribution in [0.2, 0.25) is 0 Å². The normalized spacial score (nSPS) is 11.6. The van der Waals surface area contributed by atoms with Crippen molar-refractivity contribution in [3.05, 3.63) is 151 Å². The number of hydrogen-bond donors (Lipinski definition) is 0. The van der Waals surface area contributed by atoms with Crippen LogP contribution >= 0.6 is 0 Å². The number of pyridine rings is 1. The Morgan fingerprint density at radius 2 is 0.868 bits per heavy atom. The predicted molar refractivity (Wildman–Crippen MR) is 151 cm³/mol. The maximum atomic E-state index is 14.1. The first-order chi connectivity index (χ1) is 18.5. The average molecular weight is 518 g/mol. The molecule has 1 aromatic heterocycles. The third-order valence-corrected chi connectivity index (χ3v) is 11.9. The maximum Gasteiger partial charge on any atom is 0.179 e. The molecule has 38 heavy (non-hydrogen) atoms. The lowest BCUT2D eigenvalue weighted by Crippen LogP contribution is -2.74. The fraction of sp³-hybridized carbons (Fsp3) is 0. The summed E-state index contributed by atoms with van der Waals surface area (Å²) in [5.74, 6) is -1.01. The molecule has 0 fully saturated rings. The fourth-order valence-corrected chi connectivity index (χ4v) is 9.93. The molecule has 0 saturated carbocycles. The molecule has 0 spiro atoms. The van der Waals surface area contributed by atoms with E-state index < -0.39 is 8.07 Å². The van der Waals surface area contributed by atoms with Gasteiger partial charge >= 0.3 is 0 Å². The summed E-state index contributed by atoms with van der Waals surface area (Å²) >= 11 is 0. The highest BCUT2D eigenvalue weighted by Crippen LogP contribution is 2.23. The monoisotopic (exact) mass is 517 g/mol. The number of rotatable bonds is 5. The lowest BCUT2D eigenvalue weighted by molar-refractivity contribution is 0.628. The molecule has 0 atom stereocenters. The lowest BCUT2D eigenvalue weighted by Gasteiger charge is -2.34. The summed E-state index contributed by atoms with van der Waals surface area (Å²) in [4.78, 5) is 4.48. The summed E-state index contributed by atoms with van der Waals surface area (Å²) in [6.45, 7) is 0. The average Bonchev–Trinajstić information content (AvgIpc) is 2.96. The first kappa shape index (κ1) is 23.9. The Bertz CT molecular complexity index is 1600. The molecule has 0 amide bonds. The number of fused-ring (bicyclic) bond motifs is 1. The number of nitrogens with zero attached hydrogens (tertiary/aromatic N) is 1. The molecule has 6 aromatic rings. The fourth-order valence-electron chi connectivity index (χ4n) is 5.26. The van der Waals surface area contributed by atoms with Crippen LogP contribution in [-0.2, 0) is 0 Å². The molecule has 0 saturated heterocycles. The van der Waals surface area contributed by atoms with Crippen molar-refractivity contribution in [1.29, 1.82) is 0 Å². The second kappa shape index (κ2) is 9.76. The van der Waals surface area contributed by atoms with Crippen LogP contribution in [-0.4, -0.2) is 13.1 Å². The minimum Gasteiger partial charge on any atom is -0.256 e. The van der Waals surface area contributed by atoms with Gasteiger partial charge in [0.15, 0.2) is 8.07 Å². The molecule has 5 heteroatoms. The Balaban J connectivity index is 1.58. The van der Waals surface area contributed by atoms with Crippen molar-refractivity contribution < 1.29 is 13.2 Å². The SMILES string of the molecule is Fc1ccc([Si](c2ccc(F)cc2)(c2ccc(F)cc2)c2ccc(-c3ccc4cccnc4c3)cc2)cc1. The van der Waals surface area contributed by atoms with Gasteiger partial charge in [-0.05, 0) is 80.4 Å². The van der Waals surface area contributed by atoms with Crippen molar-refractivity contribution in [3.8, 4) is 11.1 Å². The van der Waals surface area contributed by atoms with Gasteiger partial charge in [0, 0.05) is 11.6 Å². The van der Waals surface area contributed by atoms with E-state index in [4.69, 9.17) is 0 Å². The van der Waals surface area contributed by atoms with E-state index >= 15 is 0 Å². The predicted octanol–water partition coefficient (Wildman–Crippen LogP) is 5.70. The second-order valence-electron chi connectivity index (χ2n) is 9.26. The number of aromatic nitrogens is 1. The van der Waals surface area contributed by atoms with Gasteiger partial charge in [0.2, 0.25) is 0 Å². The van der Waals surface area contributed by atoms with Crippen molar-refractivity contribution in [1.82, 2.24) is 4.98 Å². The van der Waals surface area contributed by atoms with E-state index in [9.17, 15) is 13.2 Å². The van der Waals surface area contributed by atoms with Gasteiger partial charge in [-0.15, -0.1) is 0 Å². The van der Waals surface area contributed by atoms with Gasteiger partial charge in [-0.3, -0.25) is 4.98 Å². The molecule has 0 aliphatic carbocycles. The van der Waals surface area contributed by atoms with Gasteiger partial charge in [0.05, 0.1) is 5.52 Å². The second-order valence-corrected chi connectivity index (χ2v) is 13.1. The van der Waals surface area contributed by atoms with Gasteiger partial charge < -0.3 is 0 Å². The van der Waals surface area contributed by atoms with Crippen molar-refractivity contribution in [2.75, 3.05) is 0 Å². The number of benzene rings is 5. The topological polar surface area (TPSA) is 12.9 Å². The Kier molecular flexibility index (Phi) is 6.14. The van der Waals surface area contributed by atoms with E-state index in [0.717, 1.165) is 42.8 Å². The molecule has 0 unspecified atom stereocenters. The summed E-state index contributed by atoms with van der Waals surface area (Å²) < 4.78 is 42.2. The summed E-state index contributed by atoms with van der Waals surface area (Å²) in [5, 5.41) is 4.84. The van der Waals surface area contributed by atoms with Gasteiger partial charge in [0.25, 0.3) is 0 Å². The van der Waals surface area contributed by atoms with E-state index in [0.29, 0.717) is 0 Å². The zero-order valence-electron chi connectivity index (χ0n) is 20.3. The highest BCUT2D eigenvalue weighted by Gasteiger charge is 2.41. The first-order valence-corrected chi connectivity index (χ1v) is 14.3. The van der Waals surface area contributed by atoms with Crippen LogP contribution in [0.15, 0.2) is 134 Å². The number of hydrogen-bond acceptors (Lipinski definition) is 1. The van der Waals surface area contributed by atoms with E-state index in [1.54, 1.807) is 42.6 Å². The smallest absolute Gasteiger partial charge is 0.179 e.